The summed E-state index contributed by atoms with van der Waals surface area (Å²) in [5.74, 6) is -0.0726. The number of fused-ring (bicyclic) bond motifs is 2. The molecule has 2 fully saturated rings. The molecule has 0 saturated carbocycles. The monoisotopic (exact) mass is 327 g/mol. The molecule has 1 aromatic carbocycles. The van der Waals surface area contributed by atoms with Gasteiger partial charge in [0.05, 0.1) is 4.90 Å². The third-order valence-corrected chi connectivity index (χ3v) is 5.89. The molecule has 2 aliphatic rings. The van der Waals surface area contributed by atoms with E-state index in [4.69, 9.17) is 11.6 Å². The Morgan fingerprint density at radius 1 is 1.24 bits per heavy atom. The first-order valence-electron chi connectivity index (χ1n) is 7.13. The zero-order valence-electron chi connectivity index (χ0n) is 11.8. The summed E-state index contributed by atoms with van der Waals surface area (Å²) < 4.78 is 23.3. The molecule has 1 amide bonds. The van der Waals surface area contributed by atoms with E-state index in [1.165, 1.54) is 12.1 Å². The van der Waals surface area contributed by atoms with Gasteiger partial charge in [-0.3, -0.25) is 4.79 Å². The van der Waals surface area contributed by atoms with Crippen LogP contribution in [-0.2, 0) is 9.84 Å². The maximum atomic E-state index is 12.7. The molecule has 2 unspecified atom stereocenters. The van der Waals surface area contributed by atoms with E-state index in [9.17, 15) is 13.2 Å². The first kappa shape index (κ1) is 14.9. The number of rotatable bonds is 2. The molecule has 2 saturated heterocycles. The number of alkyl halides is 1. The van der Waals surface area contributed by atoms with Crippen molar-refractivity contribution in [2.24, 2.45) is 0 Å². The second-order valence-electron chi connectivity index (χ2n) is 5.97. The highest BCUT2D eigenvalue weighted by molar-refractivity contribution is 7.90. The van der Waals surface area contributed by atoms with Gasteiger partial charge in [0.2, 0.25) is 0 Å². The van der Waals surface area contributed by atoms with E-state index in [1.54, 1.807) is 12.1 Å². The van der Waals surface area contributed by atoms with E-state index in [0.717, 1.165) is 31.9 Å². The van der Waals surface area contributed by atoms with E-state index in [1.807, 2.05) is 4.90 Å². The highest BCUT2D eigenvalue weighted by Gasteiger charge is 2.42. The molecular formula is C15H18ClNO3S. The van der Waals surface area contributed by atoms with Crippen LogP contribution in [-0.4, -0.2) is 42.9 Å². The fraction of sp³-hybridized carbons (Fsp3) is 0.533. The van der Waals surface area contributed by atoms with Gasteiger partial charge in [0.15, 0.2) is 9.84 Å². The molecule has 114 valence electrons. The molecular weight excluding hydrogens is 310 g/mol. The first-order valence-corrected chi connectivity index (χ1v) is 9.46. The smallest absolute Gasteiger partial charge is 0.254 e. The quantitative estimate of drug-likeness (QED) is 0.784. The Morgan fingerprint density at radius 2 is 1.86 bits per heavy atom. The van der Waals surface area contributed by atoms with E-state index in [0.29, 0.717) is 5.56 Å². The lowest BCUT2D eigenvalue weighted by molar-refractivity contribution is 0.0599. The van der Waals surface area contributed by atoms with Gasteiger partial charge >= 0.3 is 0 Å². The lowest BCUT2D eigenvalue weighted by Crippen LogP contribution is -2.46. The van der Waals surface area contributed by atoms with Crippen molar-refractivity contribution in [2.75, 3.05) is 6.26 Å². The zero-order chi connectivity index (χ0) is 15.2. The predicted octanol–water partition coefficient (Wildman–Crippen LogP) is 2.46. The summed E-state index contributed by atoms with van der Waals surface area (Å²) in [5, 5.41) is 0.147. The molecule has 2 bridgehead atoms. The summed E-state index contributed by atoms with van der Waals surface area (Å²) in [4.78, 5) is 14.8. The van der Waals surface area contributed by atoms with Crippen molar-refractivity contribution < 1.29 is 13.2 Å². The maximum Gasteiger partial charge on any atom is 0.254 e. The second-order valence-corrected chi connectivity index (χ2v) is 8.60. The van der Waals surface area contributed by atoms with Crippen LogP contribution in [0, 0.1) is 0 Å². The fourth-order valence-electron chi connectivity index (χ4n) is 3.45. The van der Waals surface area contributed by atoms with Crippen molar-refractivity contribution in [3.63, 3.8) is 0 Å². The molecule has 0 N–H and O–H groups in total. The molecule has 1 aromatic rings. The molecule has 2 aliphatic heterocycles. The Bertz CT molecular complexity index is 659. The first-order chi connectivity index (χ1) is 9.86. The van der Waals surface area contributed by atoms with Crippen LogP contribution in [0.25, 0.3) is 0 Å². The summed E-state index contributed by atoms with van der Waals surface area (Å²) in [6.45, 7) is 0. The molecule has 3 rings (SSSR count). The number of piperidine rings is 1. The van der Waals surface area contributed by atoms with E-state index < -0.39 is 9.84 Å². The van der Waals surface area contributed by atoms with Gasteiger partial charge in [0.1, 0.15) is 0 Å². The summed E-state index contributed by atoms with van der Waals surface area (Å²) in [7, 11) is -3.30. The van der Waals surface area contributed by atoms with Gasteiger partial charge in [-0.2, -0.15) is 0 Å². The summed E-state index contributed by atoms with van der Waals surface area (Å²) in [6, 6.07) is 6.69. The van der Waals surface area contributed by atoms with Crippen molar-refractivity contribution >= 4 is 27.3 Å². The fourth-order valence-corrected chi connectivity index (χ4v) is 4.53. The van der Waals surface area contributed by atoms with Gasteiger partial charge < -0.3 is 4.90 Å². The van der Waals surface area contributed by atoms with Crippen molar-refractivity contribution in [2.45, 2.75) is 48.0 Å². The number of nitrogens with zero attached hydrogens (tertiary/aromatic N) is 1. The van der Waals surface area contributed by atoms with Crippen LogP contribution in [0.1, 0.15) is 36.0 Å². The van der Waals surface area contributed by atoms with Crippen molar-refractivity contribution in [1.82, 2.24) is 4.90 Å². The third kappa shape index (κ3) is 2.81. The standard InChI is InChI=1S/C15H18ClNO3S/c1-21(19,20)14-4-2-3-10(7-14)15(18)17-12-5-6-13(17)9-11(16)8-12/h2-4,7,11-13H,5-6,8-9H2,1H3. The predicted molar refractivity (Wildman–Crippen MR) is 81.4 cm³/mol. The van der Waals surface area contributed by atoms with Gasteiger partial charge in [-0.25, -0.2) is 8.42 Å². The molecule has 6 heteroatoms. The number of hydrogen-bond acceptors (Lipinski definition) is 3. The number of sulfone groups is 1. The minimum Gasteiger partial charge on any atom is -0.333 e. The Morgan fingerprint density at radius 3 is 2.43 bits per heavy atom. The van der Waals surface area contributed by atoms with E-state index in [2.05, 4.69) is 0 Å². The Kier molecular flexibility index (Phi) is 3.74. The Hall–Kier alpha value is -1.07. The highest BCUT2D eigenvalue weighted by Crippen LogP contribution is 2.38. The summed E-state index contributed by atoms with van der Waals surface area (Å²) in [6.07, 6.45) is 4.79. The van der Waals surface area contributed by atoms with Crippen LogP contribution in [0.2, 0.25) is 0 Å². The van der Waals surface area contributed by atoms with Gasteiger partial charge in [-0.05, 0) is 43.9 Å². The number of hydrogen-bond donors (Lipinski definition) is 0. The zero-order valence-corrected chi connectivity index (χ0v) is 13.4. The lowest BCUT2D eigenvalue weighted by atomic mass is 10.0. The summed E-state index contributed by atoms with van der Waals surface area (Å²) >= 11 is 6.23. The number of carbonyl (C=O) groups is 1. The minimum absolute atomic E-state index is 0.0726. The normalized spacial score (nSPS) is 28.7. The minimum atomic E-state index is -3.30. The summed E-state index contributed by atoms with van der Waals surface area (Å²) in [5.41, 5.74) is 0.447. The van der Waals surface area contributed by atoms with Crippen LogP contribution in [0.15, 0.2) is 29.2 Å². The Balaban J connectivity index is 1.90. The highest BCUT2D eigenvalue weighted by atomic mass is 35.5. The van der Waals surface area contributed by atoms with Gasteiger partial charge in [-0.15, -0.1) is 11.6 Å². The number of carbonyl (C=O) groups excluding carboxylic acids is 1. The molecule has 21 heavy (non-hydrogen) atoms. The molecule has 2 heterocycles. The average molecular weight is 328 g/mol. The van der Waals surface area contributed by atoms with Gasteiger partial charge in [-0.1, -0.05) is 6.07 Å². The number of halogens is 1. The van der Waals surface area contributed by atoms with Crippen LogP contribution in [0.3, 0.4) is 0 Å². The lowest BCUT2D eigenvalue weighted by Gasteiger charge is -2.37. The number of benzene rings is 1. The van der Waals surface area contributed by atoms with Crippen molar-refractivity contribution in [1.29, 1.82) is 0 Å². The van der Waals surface area contributed by atoms with Crippen LogP contribution in [0.5, 0.6) is 0 Å². The van der Waals surface area contributed by atoms with Crippen LogP contribution in [0.4, 0.5) is 0 Å². The van der Waals surface area contributed by atoms with Gasteiger partial charge in [0.25, 0.3) is 5.91 Å². The van der Waals surface area contributed by atoms with E-state index >= 15 is 0 Å². The number of amides is 1. The van der Waals surface area contributed by atoms with Gasteiger partial charge in [0, 0.05) is 29.3 Å². The molecule has 4 nitrogen and oxygen atoms in total. The van der Waals surface area contributed by atoms with Crippen LogP contribution >= 0.6 is 11.6 Å². The van der Waals surface area contributed by atoms with Crippen molar-refractivity contribution in [3.8, 4) is 0 Å². The topological polar surface area (TPSA) is 54.5 Å². The SMILES string of the molecule is CS(=O)(=O)c1cccc(C(=O)N2C3CCC2CC(Cl)C3)c1. The second kappa shape index (κ2) is 5.29. The maximum absolute atomic E-state index is 12.7. The molecule has 0 radical (unpaired) electrons. The van der Waals surface area contributed by atoms with Crippen LogP contribution < -0.4 is 0 Å². The molecule has 2 atom stereocenters. The average Bonchev–Trinajstić information content (AvgIpc) is 2.69. The Labute approximate surface area is 130 Å². The molecule has 0 aromatic heterocycles. The molecule has 0 spiro atoms. The van der Waals surface area contributed by atoms with E-state index in [-0.39, 0.29) is 28.3 Å². The van der Waals surface area contributed by atoms with Crippen molar-refractivity contribution in [3.05, 3.63) is 29.8 Å². The third-order valence-electron chi connectivity index (χ3n) is 4.42. The molecule has 0 aliphatic carbocycles. The largest absolute Gasteiger partial charge is 0.333 e.